The van der Waals surface area contributed by atoms with Gasteiger partial charge in [-0.1, -0.05) is 18.2 Å². The molecule has 0 aromatic heterocycles. The summed E-state index contributed by atoms with van der Waals surface area (Å²) in [4.78, 5) is 2.46. The highest BCUT2D eigenvalue weighted by Gasteiger charge is 2.22. The van der Waals surface area contributed by atoms with E-state index in [0.29, 0.717) is 0 Å². The van der Waals surface area contributed by atoms with E-state index in [0.717, 1.165) is 6.07 Å². The van der Waals surface area contributed by atoms with Crippen molar-refractivity contribution in [1.29, 1.82) is 0 Å². The van der Waals surface area contributed by atoms with E-state index in [-0.39, 0.29) is 16.5 Å². The summed E-state index contributed by atoms with van der Waals surface area (Å²) in [6.07, 6.45) is 0. The molecular weight excluding hydrogens is 306 g/mol. The first-order valence-corrected chi connectivity index (χ1v) is 8.01. The van der Waals surface area contributed by atoms with Crippen LogP contribution in [-0.2, 0) is 20.2 Å². The highest BCUT2D eigenvalue weighted by Crippen LogP contribution is 2.34. The molecule has 0 atom stereocenters. The van der Waals surface area contributed by atoms with Crippen molar-refractivity contribution in [2.24, 2.45) is 4.99 Å². The lowest BCUT2D eigenvalue weighted by molar-refractivity contribution is 0.481. The van der Waals surface area contributed by atoms with Crippen molar-refractivity contribution in [3.05, 3.63) is 30.3 Å². The van der Waals surface area contributed by atoms with Crippen molar-refractivity contribution in [2.75, 3.05) is 0 Å². The molecule has 20 heavy (non-hydrogen) atoms. The largest absolute Gasteiger partial charge is 0.297 e. The molecule has 7 nitrogen and oxygen atoms in total. The van der Waals surface area contributed by atoms with E-state index in [4.69, 9.17) is 4.55 Å². The monoisotopic (exact) mass is 315 g/mol. The van der Waals surface area contributed by atoms with Gasteiger partial charge in [0, 0.05) is 10.8 Å². The van der Waals surface area contributed by atoms with Crippen LogP contribution in [0.4, 0.5) is 5.69 Å². The number of hydrogen-bond acceptors (Lipinski definition) is 5. The number of fused-ring (bicyclic) bond motifs is 1. The van der Waals surface area contributed by atoms with Crippen molar-refractivity contribution in [1.82, 2.24) is 0 Å². The number of hydrogen-bond donors (Lipinski definition) is 2. The van der Waals surface area contributed by atoms with E-state index >= 15 is 0 Å². The van der Waals surface area contributed by atoms with E-state index in [2.05, 4.69) is 11.7 Å². The van der Waals surface area contributed by atoms with Crippen LogP contribution in [0.15, 0.2) is 45.1 Å². The van der Waals surface area contributed by atoms with Crippen LogP contribution in [0, 0.1) is 0 Å². The zero-order valence-corrected chi connectivity index (χ0v) is 11.5. The van der Waals surface area contributed by atoms with Gasteiger partial charge in [0.2, 0.25) is 0 Å². The van der Waals surface area contributed by atoms with Gasteiger partial charge in [0.15, 0.2) is 0 Å². The van der Waals surface area contributed by atoms with E-state index < -0.39 is 30.0 Å². The van der Waals surface area contributed by atoms with Crippen molar-refractivity contribution < 1.29 is 25.9 Å². The molecule has 9 heteroatoms. The molecule has 2 rings (SSSR count). The van der Waals surface area contributed by atoms with Gasteiger partial charge >= 0.3 is 0 Å². The van der Waals surface area contributed by atoms with Gasteiger partial charge in [-0.2, -0.15) is 16.8 Å². The Labute approximate surface area is 115 Å². The SMILES string of the molecule is C=Nc1ccc2c(S(=O)(=O)O)cccc2c1S(=O)(=O)O. The first-order valence-electron chi connectivity index (χ1n) is 5.13. The van der Waals surface area contributed by atoms with E-state index in [9.17, 15) is 21.4 Å². The van der Waals surface area contributed by atoms with Gasteiger partial charge in [0.1, 0.15) is 9.79 Å². The molecule has 0 aliphatic rings. The summed E-state index contributed by atoms with van der Waals surface area (Å²) >= 11 is 0. The molecule has 0 spiro atoms. The van der Waals surface area contributed by atoms with Gasteiger partial charge < -0.3 is 0 Å². The second kappa shape index (κ2) is 4.63. The third kappa shape index (κ3) is 2.43. The molecule has 0 fully saturated rings. The third-order valence-corrected chi connectivity index (χ3v) is 4.51. The Balaban J connectivity index is 3.10. The van der Waals surface area contributed by atoms with Crippen LogP contribution in [0.5, 0.6) is 0 Å². The Kier molecular flexibility index (Phi) is 3.38. The highest BCUT2D eigenvalue weighted by molar-refractivity contribution is 7.86. The lowest BCUT2D eigenvalue weighted by atomic mass is 10.1. The Morgan fingerprint density at radius 2 is 1.55 bits per heavy atom. The van der Waals surface area contributed by atoms with Gasteiger partial charge in [0.05, 0.1) is 5.69 Å². The average Bonchev–Trinajstić information content (AvgIpc) is 2.34. The van der Waals surface area contributed by atoms with Crippen molar-refractivity contribution in [2.45, 2.75) is 9.79 Å². The molecule has 0 amide bonds. The zero-order chi connectivity index (χ0) is 15.1. The summed E-state index contributed by atoms with van der Waals surface area (Å²) in [5, 5.41) is -0.123. The van der Waals surface area contributed by atoms with Crippen molar-refractivity contribution in [3.8, 4) is 0 Å². The molecule has 0 radical (unpaired) electrons. The predicted molar refractivity (Wildman–Crippen MR) is 72.8 cm³/mol. The summed E-state index contributed by atoms with van der Waals surface area (Å²) in [5.74, 6) is 0. The second-order valence-electron chi connectivity index (χ2n) is 3.87. The summed E-state index contributed by atoms with van der Waals surface area (Å²) in [7, 11) is -9.18. The smallest absolute Gasteiger partial charge is 0.282 e. The molecule has 2 N–H and O–H groups in total. The van der Waals surface area contributed by atoms with Crippen LogP contribution in [-0.4, -0.2) is 32.7 Å². The summed E-state index contributed by atoms with van der Waals surface area (Å²) < 4.78 is 63.8. The number of aliphatic imine (C=N–C) groups is 1. The maximum Gasteiger partial charge on any atom is 0.297 e. The van der Waals surface area contributed by atoms with Gasteiger partial charge in [-0.15, -0.1) is 0 Å². The van der Waals surface area contributed by atoms with Crippen molar-refractivity contribution in [3.63, 3.8) is 0 Å². The van der Waals surface area contributed by atoms with E-state index in [1.807, 2.05) is 0 Å². The lowest BCUT2D eigenvalue weighted by Gasteiger charge is -2.09. The molecule has 0 aliphatic heterocycles. The number of benzene rings is 2. The summed E-state index contributed by atoms with van der Waals surface area (Å²) in [6, 6.07) is 6.12. The molecule has 2 aromatic rings. The van der Waals surface area contributed by atoms with Gasteiger partial charge in [-0.3, -0.25) is 14.1 Å². The predicted octanol–water partition coefficient (Wildman–Crippen LogP) is 1.67. The fourth-order valence-electron chi connectivity index (χ4n) is 1.91. The quantitative estimate of drug-likeness (QED) is 0.656. The van der Waals surface area contributed by atoms with Crippen molar-refractivity contribution >= 4 is 43.4 Å². The van der Waals surface area contributed by atoms with E-state index in [1.54, 1.807) is 0 Å². The first-order chi connectivity index (χ1) is 9.16. The Morgan fingerprint density at radius 3 is 2.05 bits per heavy atom. The average molecular weight is 315 g/mol. The Hall–Kier alpha value is -1.81. The maximum absolute atomic E-state index is 11.4. The maximum atomic E-state index is 11.4. The molecule has 106 valence electrons. The molecule has 2 aromatic carbocycles. The van der Waals surface area contributed by atoms with Gasteiger partial charge in [-0.25, -0.2) is 0 Å². The Bertz CT molecular complexity index is 915. The standard InChI is InChI=1S/C11H9NO6S2/c1-12-9-6-5-7-8(11(9)20(16,17)18)3-2-4-10(7)19(13,14)15/h2-6H,1H2,(H,13,14,15)(H,16,17,18). The first kappa shape index (κ1) is 14.6. The van der Waals surface area contributed by atoms with Gasteiger partial charge in [-0.05, 0) is 18.9 Å². The molecular formula is C11H9NO6S2. The third-order valence-electron chi connectivity index (χ3n) is 2.66. The zero-order valence-electron chi connectivity index (χ0n) is 9.88. The molecule has 0 bridgehead atoms. The molecule has 0 aliphatic carbocycles. The molecule has 0 heterocycles. The molecule has 0 saturated carbocycles. The van der Waals surface area contributed by atoms with Crippen LogP contribution in [0.2, 0.25) is 0 Å². The molecule has 0 saturated heterocycles. The normalized spacial score (nSPS) is 12.5. The summed E-state index contributed by atoms with van der Waals surface area (Å²) in [5.41, 5.74) is -0.118. The minimum absolute atomic E-state index is 0.0463. The van der Waals surface area contributed by atoms with Gasteiger partial charge in [0.25, 0.3) is 20.2 Å². The second-order valence-corrected chi connectivity index (χ2v) is 6.62. The van der Waals surface area contributed by atoms with Crippen LogP contribution in [0.25, 0.3) is 10.8 Å². The fraction of sp³-hybridized carbons (Fsp3) is 0. The Morgan fingerprint density at radius 1 is 0.900 bits per heavy atom. The highest BCUT2D eigenvalue weighted by atomic mass is 32.2. The topological polar surface area (TPSA) is 121 Å². The lowest BCUT2D eigenvalue weighted by Crippen LogP contribution is -2.03. The minimum Gasteiger partial charge on any atom is -0.282 e. The van der Waals surface area contributed by atoms with Crippen LogP contribution in [0.3, 0.4) is 0 Å². The van der Waals surface area contributed by atoms with Crippen LogP contribution >= 0.6 is 0 Å². The van der Waals surface area contributed by atoms with Crippen LogP contribution < -0.4 is 0 Å². The minimum atomic E-state index is -4.64. The number of nitrogens with zero attached hydrogens (tertiary/aromatic N) is 1. The van der Waals surface area contributed by atoms with E-state index in [1.165, 1.54) is 24.3 Å². The molecule has 0 unspecified atom stereocenters. The fourth-order valence-corrected chi connectivity index (χ4v) is 3.47. The van der Waals surface area contributed by atoms with Crippen LogP contribution in [0.1, 0.15) is 0 Å². The summed E-state index contributed by atoms with van der Waals surface area (Å²) in [6.45, 7) is 3.19. The number of rotatable bonds is 3.